The molecule has 1 atom stereocenters. The number of hydrogen-bond acceptors (Lipinski definition) is 2. The molecule has 84 valence electrons. The minimum Gasteiger partial charge on any atom is -0.213 e. The molecule has 1 rings (SSSR count). The highest BCUT2D eigenvalue weighted by molar-refractivity contribution is 7.88. The summed E-state index contributed by atoms with van der Waals surface area (Å²) in [5.41, 5.74) is 0.374. The first-order chi connectivity index (χ1) is 6.79. The van der Waals surface area contributed by atoms with Crippen LogP contribution in [-0.2, 0) is 10.0 Å². The van der Waals surface area contributed by atoms with Gasteiger partial charge in [0.2, 0.25) is 10.0 Å². The van der Waals surface area contributed by atoms with Gasteiger partial charge >= 0.3 is 0 Å². The van der Waals surface area contributed by atoms with Gasteiger partial charge in [-0.05, 0) is 24.6 Å². The molecule has 0 bridgehead atoms. The summed E-state index contributed by atoms with van der Waals surface area (Å²) in [6.45, 7) is 1.55. The van der Waals surface area contributed by atoms with Crippen LogP contribution in [0, 0.1) is 11.6 Å². The van der Waals surface area contributed by atoms with E-state index in [1.54, 1.807) is 6.92 Å². The number of nitrogens with one attached hydrogen (secondary N) is 1. The molecule has 0 aromatic heterocycles. The molecule has 6 heteroatoms. The van der Waals surface area contributed by atoms with Crippen molar-refractivity contribution in [2.24, 2.45) is 0 Å². The average molecular weight is 235 g/mol. The Morgan fingerprint density at radius 1 is 1.27 bits per heavy atom. The maximum Gasteiger partial charge on any atom is 0.209 e. The summed E-state index contributed by atoms with van der Waals surface area (Å²) in [6.07, 6.45) is 1.00. The third kappa shape index (κ3) is 3.56. The lowest BCUT2D eigenvalue weighted by Gasteiger charge is -2.12. The van der Waals surface area contributed by atoms with E-state index in [1.807, 2.05) is 0 Å². The SMILES string of the molecule is C[C@@H](NS(C)(=O)=O)c1ccc(F)c(F)c1. The average Bonchev–Trinajstić information content (AvgIpc) is 2.06. The largest absolute Gasteiger partial charge is 0.213 e. The summed E-state index contributed by atoms with van der Waals surface area (Å²) in [7, 11) is -3.36. The molecular weight excluding hydrogens is 224 g/mol. The van der Waals surface area contributed by atoms with Gasteiger partial charge in [0.05, 0.1) is 6.26 Å². The smallest absolute Gasteiger partial charge is 0.209 e. The van der Waals surface area contributed by atoms with Crippen molar-refractivity contribution >= 4 is 10.0 Å². The molecule has 0 saturated heterocycles. The Morgan fingerprint density at radius 2 is 1.87 bits per heavy atom. The summed E-state index contributed by atoms with van der Waals surface area (Å²) in [6, 6.07) is 2.68. The Kier molecular flexibility index (Phi) is 3.41. The van der Waals surface area contributed by atoms with Gasteiger partial charge in [0.15, 0.2) is 11.6 Å². The zero-order valence-electron chi connectivity index (χ0n) is 8.29. The van der Waals surface area contributed by atoms with Crippen molar-refractivity contribution in [3.8, 4) is 0 Å². The molecule has 0 aliphatic heterocycles. The number of hydrogen-bond donors (Lipinski definition) is 1. The number of benzene rings is 1. The third-order valence-corrected chi connectivity index (χ3v) is 2.62. The van der Waals surface area contributed by atoms with Gasteiger partial charge < -0.3 is 0 Å². The van der Waals surface area contributed by atoms with Crippen LogP contribution in [-0.4, -0.2) is 14.7 Å². The first-order valence-corrected chi connectivity index (χ1v) is 6.11. The molecular formula is C9H11F2NO2S. The van der Waals surface area contributed by atoms with Crippen LogP contribution in [0.3, 0.4) is 0 Å². The lowest BCUT2D eigenvalue weighted by Crippen LogP contribution is -2.25. The predicted octanol–water partition coefficient (Wildman–Crippen LogP) is 1.57. The van der Waals surface area contributed by atoms with E-state index in [1.165, 1.54) is 6.07 Å². The zero-order valence-corrected chi connectivity index (χ0v) is 9.11. The lowest BCUT2D eigenvalue weighted by atomic mass is 10.1. The van der Waals surface area contributed by atoms with Gasteiger partial charge in [-0.1, -0.05) is 6.07 Å². The van der Waals surface area contributed by atoms with Crippen LogP contribution >= 0.6 is 0 Å². The van der Waals surface area contributed by atoms with Crippen molar-refractivity contribution in [1.82, 2.24) is 4.72 Å². The van der Waals surface area contributed by atoms with Crippen LogP contribution in [0.4, 0.5) is 8.78 Å². The summed E-state index contributed by atoms with van der Waals surface area (Å²) in [5, 5.41) is 0. The fraction of sp³-hybridized carbons (Fsp3) is 0.333. The quantitative estimate of drug-likeness (QED) is 0.864. The normalized spacial score (nSPS) is 13.9. The molecule has 1 aromatic carbocycles. The van der Waals surface area contributed by atoms with E-state index in [9.17, 15) is 17.2 Å². The molecule has 1 aromatic rings. The van der Waals surface area contributed by atoms with E-state index < -0.39 is 27.7 Å². The van der Waals surface area contributed by atoms with Gasteiger partial charge in [-0.3, -0.25) is 0 Å². The highest BCUT2D eigenvalue weighted by Crippen LogP contribution is 2.16. The predicted molar refractivity (Wildman–Crippen MR) is 52.8 cm³/mol. The molecule has 15 heavy (non-hydrogen) atoms. The van der Waals surface area contributed by atoms with Crippen LogP contribution in [0.25, 0.3) is 0 Å². The molecule has 0 aliphatic carbocycles. The molecule has 0 fully saturated rings. The molecule has 1 N–H and O–H groups in total. The second-order valence-corrected chi connectivity index (χ2v) is 5.07. The van der Waals surface area contributed by atoms with E-state index >= 15 is 0 Å². The summed E-state index contributed by atoms with van der Waals surface area (Å²) in [4.78, 5) is 0. The minimum absolute atomic E-state index is 0.374. The van der Waals surface area contributed by atoms with Gasteiger partial charge in [0.1, 0.15) is 0 Å². The summed E-state index contributed by atoms with van der Waals surface area (Å²) >= 11 is 0. The second kappa shape index (κ2) is 4.24. The van der Waals surface area contributed by atoms with E-state index in [0.29, 0.717) is 5.56 Å². The highest BCUT2D eigenvalue weighted by atomic mass is 32.2. The topological polar surface area (TPSA) is 46.2 Å². The molecule has 0 aliphatic rings. The van der Waals surface area contributed by atoms with Crippen LogP contribution in [0.15, 0.2) is 18.2 Å². The standard InChI is InChI=1S/C9H11F2NO2S/c1-6(12-15(2,13)14)7-3-4-8(10)9(11)5-7/h3-6,12H,1-2H3/t6-/m1/s1. The van der Waals surface area contributed by atoms with E-state index in [4.69, 9.17) is 0 Å². The van der Waals surface area contributed by atoms with Crippen molar-refractivity contribution < 1.29 is 17.2 Å². The van der Waals surface area contributed by atoms with E-state index in [2.05, 4.69) is 4.72 Å². The monoisotopic (exact) mass is 235 g/mol. The summed E-state index contributed by atoms with van der Waals surface area (Å²) < 4.78 is 49.4. The Balaban J connectivity index is 2.92. The maximum absolute atomic E-state index is 12.8. The summed E-state index contributed by atoms with van der Waals surface area (Å²) in [5.74, 6) is -1.94. The van der Waals surface area contributed by atoms with E-state index in [-0.39, 0.29) is 0 Å². The van der Waals surface area contributed by atoms with Crippen LogP contribution in [0.1, 0.15) is 18.5 Å². The van der Waals surface area contributed by atoms with Gasteiger partial charge in [-0.2, -0.15) is 0 Å². The van der Waals surface area contributed by atoms with Crippen molar-refractivity contribution in [1.29, 1.82) is 0 Å². The van der Waals surface area contributed by atoms with Crippen molar-refractivity contribution in [2.45, 2.75) is 13.0 Å². The van der Waals surface area contributed by atoms with Crippen molar-refractivity contribution in [3.63, 3.8) is 0 Å². The Labute approximate surface area is 87.2 Å². The van der Waals surface area contributed by atoms with Gasteiger partial charge in [0, 0.05) is 6.04 Å². The zero-order chi connectivity index (χ0) is 11.6. The molecule has 3 nitrogen and oxygen atoms in total. The van der Waals surface area contributed by atoms with Crippen molar-refractivity contribution in [2.75, 3.05) is 6.26 Å². The number of rotatable bonds is 3. The second-order valence-electron chi connectivity index (χ2n) is 3.29. The first kappa shape index (κ1) is 12.1. The van der Waals surface area contributed by atoms with Crippen LogP contribution < -0.4 is 4.72 Å². The molecule has 0 saturated carbocycles. The molecule has 0 unspecified atom stereocenters. The van der Waals surface area contributed by atoms with Gasteiger partial charge in [0.25, 0.3) is 0 Å². The third-order valence-electron chi connectivity index (χ3n) is 1.83. The number of halogens is 2. The van der Waals surface area contributed by atoms with Gasteiger partial charge in [-0.25, -0.2) is 21.9 Å². The highest BCUT2D eigenvalue weighted by Gasteiger charge is 2.12. The number of sulfonamides is 1. The van der Waals surface area contributed by atoms with E-state index in [0.717, 1.165) is 18.4 Å². The Hall–Kier alpha value is -1.01. The Morgan fingerprint density at radius 3 is 2.33 bits per heavy atom. The molecule has 0 radical (unpaired) electrons. The molecule has 0 spiro atoms. The van der Waals surface area contributed by atoms with Crippen LogP contribution in [0.2, 0.25) is 0 Å². The fourth-order valence-corrected chi connectivity index (χ4v) is 1.95. The van der Waals surface area contributed by atoms with Crippen LogP contribution in [0.5, 0.6) is 0 Å². The molecule has 0 amide bonds. The fourth-order valence-electron chi connectivity index (χ4n) is 1.17. The minimum atomic E-state index is -3.36. The lowest BCUT2D eigenvalue weighted by molar-refractivity contribution is 0.504. The van der Waals surface area contributed by atoms with Gasteiger partial charge in [-0.15, -0.1) is 0 Å². The maximum atomic E-state index is 12.8. The first-order valence-electron chi connectivity index (χ1n) is 4.22. The van der Waals surface area contributed by atoms with Crippen molar-refractivity contribution in [3.05, 3.63) is 35.4 Å². The molecule has 0 heterocycles. The Bertz CT molecular complexity index is 459.